The molecule has 2 heterocycles. The number of thiazole rings is 1. The Bertz CT molecular complexity index is 1080. The standard InChI is InChI=1S/C25H30N4O2S/c1-30-14-21-27-20(15-32-21)18-3-2-4-19(13-18)26-16-24-7-10-25(11-8-24,12-9-24)23-28-22(29-31-23)17-5-6-17/h2-4,13,15,17,26H,5-12,14,16H2,1H3. The van der Waals surface area contributed by atoms with E-state index in [4.69, 9.17) is 19.2 Å². The van der Waals surface area contributed by atoms with E-state index in [1.807, 2.05) is 0 Å². The van der Waals surface area contributed by atoms with Crippen molar-refractivity contribution >= 4 is 17.0 Å². The lowest BCUT2D eigenvalue weighted by atomic mass is 9.53. The van der Waals surface area contributed by atoms with Gasteiger partial charge in [0.25, 0.3) is 0 Å². The molecule has 0 radical (unpaired) electrons. The van der Waals surface area contributed by atoms with Crippen LogP contribution in [0.2, 0.25) is 0 Å². The van der Waals surface area contributed by atoms with Crippen molar-refractivity contribution < 1.29 is 9.26 Å². The van der Waals surface area contributed by atoms with Crippen molar-refractivity contribution in [3.05, 3.63) is 46.4 Å². The second kappa shape index (κ2) is 7.96. The van der Waals surface area contributed by atoms with Crippen LogP contribution in [0.1, 0.15) is 74.0 Å². The summed E-state index contributed by atoms with van der Waals surface area (Å²) in [6.07, 6.45) is 9.64. The number of anilines is 1. The van der Waals surface area contributed by atoms with E-state index in [1.54, 1.807) is 18.4 Å². The summed E-state index contributed by atoms with van der Waals surface area (Å²) in [5.41, 5.74) is 3.86. The summed E-state index contributed by atoms with van der Waals surface area (Å²) in [5.74, 6) is 2.43. The Kier molecular flexibility index (Phi) is 5.06. The number of hydrogen-bond donors (Lipinski definition) is 1. The fourth-order valence-electron chi connectivity index (χ4n) is 5.52. The van der Waals surface area contributed by atoms with Gasteiger partial charge in [-0.2, -0.15) is 4.98 Å². The van der Waals surface area contributed by atoms with E-state index in [-0.39, 0.29) is 5.41 Å². The molecule has 6 nitrogen and oxygen atoms in total. The van der Waals surface area contributed by atoms with Crippen molar-refractivity contribution in [2.75, 3.05) is 19.0 Å². The van der Waals surface area contributed by atoms with Gasteiger partial charge >= 0.3 is 0 Å². The van der Waals surface area contributed by atoms with Crippen molar-refractivity contribution in [3.8, 4) is 11.3 Å². The number of ether oxygens (including phenoxy) is 1. The average Bonchev–Trinajstić information content (AvgIpc) is 3.37. The fraction of sp³-hybridized carbons (Fsp3) is 0.560. The van der Waals surface area contributed by atoms with Crippen molar-refractivity contribution in [3.63, 3.8) is 0 Å². The lowest BCUT2D eigenvalue weighted by Gasteiger charge is -2.52. The van der Waals surface area contributed by atoms with Crippen LogP contribution in [-0.2, 0) is 16.8 Å². The SMILES string of the molecule is COCc1nc(-c2cccc(NCC34CCC(c5nc(C6CC6)no5)(CC3)CC4)c2)cs1. The van der Waals surface area contributed by atoms with Crippen LogP contribution < -0.4 is 5.32 Å². The molecule has 4 aliphatic carbocycles. The van der Waals surface area contributed by atoms with E-state index in [1.165, 1.54) is 57.1 Å². The number of benzene rings is 1. The highest BCUT2D eigenvalue weighted by Gasteiger charge is 2.52. The van der Waals surface area contributed by atoms with Crippen LogP contribution in [0.15, 0.2) is 34.2 Å². The Balaban J connectivity index is 1.10. The predicted octanol–water partition coefficient (Wildman–Crippen LogP) is 5.92. The topological polar surface area (TPSA) is 73.1 Å². The number of aromatic nitrogens is 3. The predicted molar refractivity (Wildman–Crippen MR) is 125 cm³/mol. The molecule has 32 heavy (non-hydrogen) atoms. The molecule has 0 spiro atoms. The third kappa shape index (κ3) is 3.75. The van der Waals surface area contributed by atoms with E-state index < -0.39 is 0 Å². The van der Waals surface area contributed by atoms with Gasteiger partial charge in [-0.25, -0.2) is 4.98 Å². The molecule has 7 heteroatoms. The summed E-state index contributed by atoms with van der Waals surface area (Å²) in [6, 6.07) is 8.63. The van der Waals surface area contributed by atoms with Crippen molar-refractivity contribution in [1.29, 1.82) is 0 Å². The maximum Gasteiger partial charge on any atom is 0.232 e. The van der Waals surface area contributed by atoms with Gasteiger partial charge in [-0.05, 0) is 68.9 Å². The zero-order valence-corrected chi connectivity index (χ0v) is 19.4. The van der Waals surface area contributed by atoms with E-state index in [0.29, 0.717) is 17.9 Å². The first kappa shape index (κ1) is 20.4. The molecule has 0 atom stereocenters. The maximum absolute atomic E-state index is 5.77. The number of nitrogens with zero attached hydrogens (tertiary/aromatic N) is 3. The molecule has 2 aromatic heterocycles. The van der Waals surface area contributed by atoms with Gasteiger partial charge in [-0.15, -0.1) is 11.3 Å². The summed E-state index contributed by atoms with van der Waals surface area (Å²) in [7, 11) is 1.71. The van der Waals surface area contributed by atoms with Gasteiger partial charge in [0.2, 0.25) is 5.89 Å². The van der Waals surface area contributed by atoms with Gasteiger partial charge in [0.1, 0.15) is 5.01 Å². The summed E-state index contributed by atoms with van der Waals surface area (Å²) in [4.78, 5) is 9.52. The molecule has 4 fully saturated rings. The molecule has 0 unspecified atom stereocenters. The van der Waals surface area contributed by atoms with Crippen LogP contribution in [0, 0.1) is 5.41 Å². The second-order valence-corrected chi connectivity index (χ2v) is 10.9. The highest BCUT2D eigenvalue weighted by molar-refractivity contribution is 7.09. The molecule has 0 aliphatic heterocycles. The first-order valence-corrected chi connectivity index (χ1v) is 12.7. The van der Waals surface area contributed by atoms with Crippen LogP contribution in [0.4, 0.5) is 5.69 Å². The van der Waals surface area contributed by atoms with E-state index in [2.05, 4.69) is 40.1 Å². The summed E-state index contributed by atoms with van der Waals surface area (Å²) >= 11 is 1.65. The Labute approximate surface area is 192 Å². The minimum Gasteiger partial charge on any atom is -0.384 e. The fourth-order valence-corrected chi connectivity index (χ4v) is 6.29. The van der Waals surface area contributed by atoms with Crippen LogP contribution in [0.25, 0.3) is 11.3 Å². The maximum atomic E-state index is 5.77. The molecule has 0 amide bonds. The molecular weight excluding hydrogens is 420 g/mol. The summed E-state index contributed by atoms with van der Waals surface area (Å²) in [6.45, 7) is 1.59. The third-order valence-corrected chi connectivity index (χ3v) is 8.71. The van der Waals surface area contributed by atoms with E-state index >= 15 is 0 Å². The number of hydrogen-bond acceptors (Lipinski definition) is 7. The molecule has 1 N–H and O–H groups in total. The Morgan fingerprint density at radius 3 is 2.69 bits per heavy atom. The van der Waals surface area contributed by atoms with Gasteiger partial charge < -0.3 is 14.6 Å². The lowest BCUT2D eigenvalue weighted by molar-refractivity contribution is 0.0322. The highest BCUT2D eigenvalue weighted by Crippen LogP contribution is 2.57. The van der Waals surface area contributed by atoms with Crippen molar-refractivity contribution in [2.45, 2.75) is 69.3 Å². The van der Waals surface area contributed by atoms with Gasteiger partial charge in [0.05, 0.1) is 12.3 Å². The second-order valence-electron chi connectivity index (χ2n) is 10.0. The molecule has 3 aromatic rings. The van der Waals surface area contributed by atoms with E-state index in [0.717, 1.165) is 34.5 Å². The number of fused-ring (bicyclic) bond motifs is 3. The highest BCUT2D eigenvalue weighted by atomic mass is 32.1. The zero-order chi connectivity index (χ0) is 21.6. The van der Waals surface area contributed by atoms with Crippen molar-refractivity contribution in [1.82, 2.24) is 15.1 Å². The zero-order valence-electron chi connectivity index (χ0n) is 18.6. The molecule has 4 saturated carbocycles. The average molecular weight is 451 g/mol. The van der Waals surface area contributed by atoms with Crippen molar-refractivity contribution in [2.24, 2.45) is 5.41 Å². The first-order chi connectivity index (χ1) is 15.7. The molecule has 7 rings (SSSR count). The van der Waals surface area contributed by atoms with Crippen LogP contribution >= 0.6 is 11.3 Å². The minimum atomic E-state index is 0.131. The molecular formula is C25H30N4O2S. The third-order valence-electron chi connectivity index (χ3n) is 7.88. The molecule has 1 aromatic carbocycles. The largest absolute Gasteiger partial charge is 0.384 e. The minimum absolute atomic E-state index is 0.131. The molecule has 168 valence electrons. The first-order valence-electron chi connectivity index (χ1n) is 11.8. The summed E-state index contributed by atoms with van der Waals surface area (Å²) in [5, 5.41) is 11.2. The number of rotatable bonds is 8. The van der Waals surface area contributed by atoms with Gasteiger partial charge in [-0.3, -0.25) is 0 Å². The molecule has 2 bridgehead atoms. The van der Waals surface area contributed by atoms with Gasteiger partial charge in [-0.1, -0.05) is 17.3 Å². The molecule has 0 saturated heterocycles. The van der Waals surface area contributed by atoms with Gasteiger partial charge in [0, 0.05) is 41.6 Å². The normalized spacial score (nSPS) is 27.0. The molecule has 4 aliphatic rings. The van der Waals surface area contributed by atoms with E-state index in [9.17, 15) is 0 Å². The summed E-state index contributed by atoms with van der Waals surface area (Å²) < 4.78 is 11.0. The Morgan fingerprint density at radius 1 is 1.12 bits per heavy atom. The van der Waals surface area contributed by atoms with Crippen LogP contribution in [0.3, 0.4) is 0 Å². The van der Waals surface area contributed by atoms with Crippen LogP contribution in [-0.4, -0.2) is 28.8 Å². The number of methoxy groups -OCH3 is 1. The lowest BCUT2D eigenvalue weighted by Crippen LogP contribution is -2.47. The monoisotopic (exact) mass is 450 g/mol. The van der Waals surface area contributed by atoms with Gasteiger partial charge in [0.15, 0.2) is 5.82 Å². The smallest absolute Gasteiger partial charge is 0.232 e. The number of nitrogens with one attached hydrogen (secondary N) is 1. The van der Waals surface area contributed by atoms with Crippen LogP contribution in [0.5, 0.6) is 0 Å². The Hall–Kier alpha value is -2.25. The quantitative estimate of drug-likeness (QED) is 0.459. The Morgan fingerprint density at radius 2 is 1.94 bits per heavy atom.